The number of aromatic nitrogens is 2. The van der Waals surface area contributed by atoms with Crippen LogP contribution in [0.4, 0.5) is 11.4 Å². The molecule has 1 aromatic heterocycles. The number of carbonyl (C=O) groups excluding carboxylic acids is 2. The minimum Gasteiger partial charge on any atom is -0.497 e. The van der Waals surface area contributed by atoms with Gasteiger partial charge in [0.15, 0.2) is 0 Å². The molecule has 0 unspecified atom stereocenters. The first-order valence-corrected chi connectivity index (χ1v) is 10.8. The van der Waals surface area contributed by atoms with E-state index in [0.29, 0.717) is 22.7 Å². The van der Waals surface area contributed by atoms with Crippen LogP contribution in [0.25, 0.3) is 11.0 Å². The van der Waals surface area contributed by atoms with Gasteiger partial charge in [-0.2, -0.15) is 0 Å². The number of rotatable bonds is 8. The van der Waals surface area contributed by atoms with Crippen LogP contribution < -0.4 is 20.1 Å². The molecule has 0 aliphatic heterocycles. The fourth-order valence-electron chi connectivity index (χ4n) is 3.63. The van der Waals surface area contributed by atoms with Crippen LogP contribution in [0.2, 0.25) is 0 Å². The maximum absolute atomic E-state index is 12.8. The van der Waals surface area contributed by atoms with Crippen molar-refractivity contribution < 1.29 is 19.1 Å². The van der Waals surface area contributed by atoms with E-state index >= 15 is 0 Å². The summed E-state index contributed by atoms with van der Waals surface area (Å²) >= 11 is 0. The molecule has 0 aliphatic rings. The van der Waals surface area contributed by atoms with Gasteiger partial charge in [-0.05, 0) is 42.3 Å². The van der Waals surface area contributed by atoms with Crippen molar-refractivity contribution in [3.05, 3.63) is 77.6 Å². The molecule has 8 heteroatoms. The fraction of sp³-hybridized carbons (Fsp3) is 0.192. The van der Waals surface area contributed by atoms with Crippen LogP contribution in [0.1, 0.15) is 28.7 Å². The summed E-state index contributed by atoms with van der Waals surface area (Å²) in [5.41, 5.74) is 4.61. The molecule has 174 valence electrons. The Morgan fingerprint density at radius 2 is 1.56 bits per heavy atom. The Kier molecular flexibility index (Phi) is 6.77. The zero-order valence-electron chi connectivity index (χ0n) is 19.3. The molecule has 0 saturated heterocycles. The minimum absolute atomic E-state index is 0.0914. The number of nitrogens with zero attached hydrogens (tertiary/aromatic N) is 1. The van der Waals surface area contributed by atoms with Gasteiger partial charge >= 0.3 is 0 Å². The maximum atomic E-state index is 12.8. The number of methoxy groups -OCH3 is 2. The molecule has 3 N–H and O–H groups in total. The van der Waals surface area contributed by atoms with Gasteiger partial charge in [0.1, 0.15) is 17.3 Å². The number of hydrogen-bond donors (Lipinski definition) is 3. The number of aryl methyl sites for hydroxylation is 2. The van der Waals surface area contributed by atoms with Gasteiger partial charge in [0.2, 0.25) is 5.91 Å². The summed E-state index contributed by atoms with van der Waals surface area (Å²) in [6.45, 7) is 1.49. The molecule has 0 spiro atoms. The molecule has 2 amide bonds. The van der Waals surface area contributed by atoms with Crippen molar-refractivity contribution >= 4 is 34.2 Å². The van der Waals surface area contributed by atoms with E-state index < -0.39 is 0 Å². The summed E-state index contributed by atoms with van der Waals surface area (Å²) in [4.78, 5) is 31.9. The highest BCUT2D eigenvalue weighted by molar-refractivity contribution is 6.06. The van der Waals surface area contributed by atoms with Crippen LogP contribution in [0, 0.1) is 0 Å². The first kappa shape index (κ1) is 22.8. The molecule has 8 nitrogen and oxygen atoms in total. The van der Waals surface area contributed by atoms with Crippen molar-refractivity contribution in [2.45, 2.75) is 19.8 Å². The summed E-state index contributed by atoms with van der Waals surface area (Å²) in [6.07, 6.45) is 1.52. The van der Waals surface area contributed by atoms with Crippen molar-refractivity contribution in [3.8, 4) is 11.5 Å². The third kappa shape index (κ3) is 5.53. The van der Waals surface area contributed by atoms with Crippen LogP contribution in [0.15, 0.2) is 60.7 Å². The second-order valence-electron chi connectivity index (χ2n) is 7.85. The smallest absolute Gasteiger partial charge is 0.255 e. The molecule has 4 aromatic rings. The third-order valence-electron chi connectivity index (χ3n) is 5.33. The number of ether oxygens (including phenoxy) is 2. The first-order chi connectivity index (χ1) is 16.4. The van der Waals surface area contributed by atoms with E-state index in [-0.39, 0.29) is 11.8 Å². The van der Waals surface area contributed by atoms with E-state index in [2.05, 4.69) is 20.6 Å². The highest BCUT2D eigenvalue weighted by Crippen LogP contribution is 2.26. The number of H-pyrrole nitrogens is 1. The van der Waals surface area contributed by atoms with Crippen molar-refractivity contribution in [2.75, 3.05) is 24.9 Å². The predicted molar refractivity (Wildman–Crippen MR) is 132 cm³/mol. The Bertz CT molecular complexity index is 1310. The zero-order valence-corrected chi connectivity index (χ0v) is 19.3. The Labute approximate surface area is 197 Å². The van der Waals surface area contributed by atoms with Crippen LogP contribution in [0.5, 0.6) is 11.5 Å². The lowest BCUT2D eigenvalue weighted by molar-refractivity contribution is -0.114. The van der Waals surface area contributed by atoms with Crippen LogP contribution >= 0.6 is 0 Å². The molecule has 3 aromatic carbocycles. The van der Waals surface area contributed by atoms with E-state index in [1.54, 1.807) is 44.6 Å². The van der Waals surface area contributed by atoms with Gasteiger partial charge < -0.3 is 25.1 Å². The number of fused-ring (bicyclic) bond motifs is 1. The summed E-state index contributed by atoms with van der Waals surface area (Å²) in [5, 5.41) is 5.64. The van der Waals surface area contributed by atoms with Crippen molar-refractivity contribution in [1.82, 2.24) is 9.97 Å². The number of anilines is 2. The molecule has 0 aliphatic carbocycles. The number of amides is 2. The number of hydrogen-bond acceptors (Lipinski definition) is 5. The van der Waals surface area contributed by atoms with E-state index in [1.807, 2.05) is 30.3 Å². The van der Waals surface area contributed by atoms with Gasteiger partial charge in [-0.25, -0.2) is 4.98 Å². The quantitative estimate of drug-likeness (QED) is 0.359. The van der Waals surface area contributed by atoms with Gasteiger partial charge in [-0.15, -0.1) is 0 Å². The van der Waals surface area contributed by atoms with Gasteiger partial charge in [-0.1, -0.05) is 12.1 Å². The van der Waals surface area contributed by atoms with Crippen LogP contribution in [-0.2, 0) is 17.6 Å². The Morgan fingerprint density at radius 1 is 0.853 bits per heavy atom. The normalized spacial score (nSPS) is 10.7. The number of carbonyl (C=O) groups is 2. The lowest BCUT2D eigenvalue weighted by Crippen LogP contribution is -2.12. The molecule has 34 heavy (non-hydrogen) atoms. The Balaban J connectivity index is 1.43. The SMILES string of the molecule is COc1cc(NC(=O)c2ccc3nc(CCc4ccc(NC(C)=O)cc4)[nH]c3c2)cc(OC)c1. The van der Waals surface area contributed by atoms with E-state index in [0.717, 1.165) is 41.0 Å². The van der Waals surface area contributed by atoms with Gasteiger partial charge in [0, 0.05) is 48.5 Å². The average Bonchev–Trinajstić information content (AvgIpc) is 3.25. The van der Waals surface area contributed by atoms with E-state index in [9.17, 15) is 9.59 Å². The standard InChI is InChI=1S/C26H26N4O4/c1-16(31)27-19-8-4-17(5-9-19)6-11-25-29-23-10-7-18(12-24(23)30-25)26(32)28-20-13-21(33-2)15-22(14-20)34-3/h4-5,7-10,12-15H,6,11H2,1-3H3,(H,27,31)(H,28,32)(H,29,30). The number of nitrogens with one attached hydrogen (secondary N) is 3. The molecule has 4 rings (SSSR count). The summed E-state index contributed by atoms with van der Waals surface area (Å²) in [6, 6.07) is 18.3. The highest BCUT2D eigenvalue weighted by atomic mass is 16.5. The van der Waals surface area contributed by atoms with Crippen LogP contribution in [-0.4, -0.2) is 36.0 Å². The first-order valence-electron chi connectivity index (χ1n) is 10.8. The molecule has 0 bridgehead atoms. The number of aromatic amines is 1. The lowest BCUT2D eigenvalue weighted by atomic mass is 10.1. The molecular formula is C26H26N4O4. The lowest BCUT2D eigenvalue weighted by Gasteiger charge is -2.10. The van der Waals surface area contributed by atoms with Crippen molar-refractivity contribution in [1.29, 1.82) is 0 Å². The molecule has 1 heterocycles. The number of benzene rings is 3. The van der Waals surface area contributed by atoms with Gasteiger partial charge in [0.05, 0.1) is 25.3 Å². The Morgan fingerprint density at radius 3 is 2.21 bits per heavy atom. The molecule has 0 fully saturated rings. The monoisotopic (exact) mass is 458 g/mol. The van der Waals surface area contributed by atoms with Crippen molar-refractivity contribution in [2.24, 2.45) is 0 Å². The largest absolute Gasteiger partial charge is 0.497 e. The zero-order chi connectivity index (χ0) is 24.1. The molecule has 0 saturated carbocycles. The molecule has 0 radical (unpaired) electrons. The van der Waals surface area contributed by atoms with Gasteiger partial charge in [-0.3, -0.25) is 9.59 Å². The Hall–Kier alpha value is -4.33. The molecule has 0 atom stereocenters. The summed E-state index contributed by atoms with van der Waals surface area (Å²) in [5.74, 6) is 1.69. The number of imidazole rings is 1. The van der Waals surface area contributed by atoms with E-state index in [1.165, 1.54) is 6.92 Å². The van der Waals surface area contributed by atoms with E-state index in [4.69, 9.17) is 9.47 Å². The van der Waals surface area contributed by atoms with Gasteiger partial charge in [0.25, 0.3) is 5.91 Å². The average molecular weight is 459 g/mol. The summed E-state index contributed by atoms with van der Waals surface area (Å²) < 4.78 is 10.5. The highest BCUT2D eigenvalue weighted by Gasteiger charge is 2.11. The third-order valence-corrected chi connectivity index (χ3v) is 5.33. The topological polar surface area (TPSA) is 105 Å². The van der Waals surface area contributed by atoms with Crippen molar-refractivity contribution in [3.63, 3.8) is 0 Å². The second-order valence-corrected chi connectivity index (χ2v) is 7.85. The van der Waals surface area contributed by atoms with Crippen LogP contribution in [0.3, 0.4) is 0 Å². The predicted octanol–water partition coefficient (Wildman–Crippen LogP) is 4.58. The fourth-order valence-corrected chi connectivity index (χ4v) is 3.63. The maximum Gasteiger partial charge on any atom is 0.255 e. The summed E-state index contributed by atoms with van der Waals surface area (Å²) in [7, 11) is 3.12. The molecular weight excluding hydrogens is 432 g/mol. The minimum atomic E-state index is -0.243. The second kappa shape index (κ2) is 10.1.